The summed E-state index contributed by atoms with van der Waals surface area (Å²) in [4.78, 5) is 0. The van der Waals surface area contributed by atoms with E-state index in [-0.39, 0.29) is 5.75 Å². The summed E-state index contributed by atoms with van der Waals surface area (Å²) in [6.07, 6.45) is 3.11. The molecule has 120 valence electrons. The van der Waals surface area contributed by atoms with E-state index in [4.69, 9.17) is 4.74 Å². The summed E-state index contributed by atoms with van der Waals surface area (Å²) < 4.78 is 35.4. The molecule has 0 atom stereocenters. The van der Waals surface area contributed by atoms with Gasteiger partial charge >= 0.3 is 6.61 Å². The summed E-state index contributed by atoms with van der Waals surface area (Å²) >= 11 is 3.33. The Bertz CT molecular complexity index is 405. The molecule has 0 fully saturated rings. The van der Waals surface area contributed by atoms with E-state index in [1.54, 1.807) is 18.2 Å². The number of ether oxygens (including phenoxy) is 2. The number of alkyl halides is 2. The molecule has 0 bridgehead atoms. The van der Waals surface area contributed by atoms with Gasteiger partial charge in [0.1, 0.15) is 5.75 Å². The summed E-state index contributed by atoms with van der Waals surface area (Å²) in [7, 11) is 0. The second-order valence-corrected chi connectivity index (χ2v) is 5.54. The Morgan fingerprint density at radius 2 is 2.00 bits per heavy atom. The maximum absolute atomic E-state index is 12.3. The molecule has 3 nitrogen and oxygen atoms in total. The van der Waals surface area contributed by atoms with E-state index in [0.29, 0.717) is 18.7 Å². The molecule has 0 unspecified atom stereocenters. The van der Waals surface area contributed by atoms with E-state index in [9.17, 15) is 8.78 Å². The van der Waals surface area contributed by atoms with E-state index < -0.39 is 6.61 Å². The van der Waals surface area contributed by atoms with Gasteiger partial charge in [0, 0.05) is 29.8 Å². The molecule has 0 aromatic heterocycles. The SMILES string of the molecule is CCCCOCCCNCc1cc(Br)ccc1OC(F)F. The number of benzene rings is 1. The highest BCUT2D eigenvalue weighted by atomic mass is 79.9. The van der Waals surface area contributed by atoms with Crippen LogP contribution in [0.5, 0.6) is 5.75 Å². The maximum Gasteiger partial charge on any atom is 0.387 e. The second kappa shape index (κ2) is 10.9. The van der Waals surface area contributed by atoms with E-state index in [0.717, 1.165) is 36.9 Å². The number of rotatable bonds is 11. The summed E-state index contributed by atoms with van der Waals surface area (Å²) in [5.41, 5.74) is 0.705. The highest BCUT2D eigenvalue weighted by molar-refractivity contribution is 9.10. The monoisotopic (exact) mass is 365 g/mol. The largest absolute Gasteiger partial charge is 0.434 e. The summed E-state index contributed by atoms with van der Waals surface area (Å²) in [6, 6.07) is 5.01. The lowest BCUT2D eigenvalue weighted by molar-refractivity contribution is -0.0505. The Kier molecular flexibility index (Phi) is 9.54. The van der Waals surface area contributed by atoms with Gasteiger partial charge in [-0.15, -0.1) is 0 Å². The third-order valence-corrected chi connectivity index (χ3v) is 3.33. The first-order valence-electron chi connectivity index (χ1n) is 7.15. The molecule has 0 radical (unpaired) electrons. The number of halogens is 3. The fourth-order valence-electron chi connectivity index (χ4n) is 1.77. The Hall–Kier alpha value is -0.720. The van der Waals surface area contributed by atoms with Crippen molar-refractivity contribution < 1.29 is 18.3 Å². The van der Waals surface area contributed by atoms with Crippen LogP contribution in [-0.2, 0) is 11.3 Å². The average molecular weight is 366 g/mol. The molecule has 6 heteroatoms. The van der Waals surface area contributed by atoms with Crippen LogP contribution >= 0.6 is 15.9 Å². The van der Waals surface area contributed by atoms with Crippen molar-refractivity contribution in [3.05, 3.63) is 28.2 Å². The van der Waals surface area contributed by atoms with Gasteiger partial charge in [-0.25, -0.2) is 0 Å². The van der Waals surface area contributed by atoms with Crippen molar-refractivity contribution in [1.82, 2.24) is 5.32 Å². The van der Waals surface area contributed by atoms with Crippen LogP contribution in [0.15, 0.2) is 22.7 Å². The molecule has 0 aliphatic heterocycles. The first-order valence-corrected chi connectivity index (χ1v) is 7.94. The van der Waals surface area contributed by atoms with Gasteiger partial charge in [-0.1, -0.05) is 29.3 Å². The van der Waals surface area contributed by atoms with E-state index in [1.807, 2.05) is 0 Å². The molecule has 0 aliphatic carbocycles. The van der Waals surface area contributed by atoms with Gasteiger partial charge in [-0.05, 0) is 37.6 Å². The van der Waals surface area contributed by atoms with Crippen LogP contribution < -0.4 is 10.1 Å². The summed E-state index contributed by atoms with van der Waals surface area (Å²) in [5, 5.41) is 3.21. The zero-order valence-corrected chi connectivity index (χ0v) is 13.8. The van der Waals surface area contributed by atoms with E-state index >= 15 is 0 Å². The molecule has 1 rings (SSSR count). The van der Waals surface area contributed by atoms with E-state index in [2.05, 4.69) is 32.9 Å². The lowest BCUT2D eigenvalue weighted by Gasteiger charge is -2.12. The molecule has 0 heterocycles. The van der Waals surface area contributed by atoms with Gasteiger partial charge in [-0.3, -0.25) is 0 Å². The van der Waals surface area contributed by atoms with Crippen LogP contribution in [-0.4, -0.2) is 26.4 Å². The summed E-state index contributed by atoms with van der Waals surface area (Å²) in [6.45, 7) is 2.09. The van der Waals surface area contributed by atoms with Crippen LogP contribution in [0.4, 0.5) is 8.78 Å². The molecule has 0 amide bonds. The summed E-state index contributed by atoms with van der Waals surface area (Å²) in [5.74, 6) is 0.208. The minimum atomic E-state index is -2.81. The minimum Gasteiger partial charge on any atom is -0.434 e. The number of hydrogen-bond acceptors (Lipinski definition) is 3. The predicted octanol–water partition coefficient (Wildman–Crippen LogP) is 4.35. The molecule has 1 aromatic rings. The molecule has 21 heavy (non-hydrogen) atoms. The van der Waals surface area contributed by atoms with Crippen molar-refractivity contribution in [3.63, 3.8) is 0 Å². The molecule has 0 saturated heterocycles. The van der Waals surface area contributed by atoms with Gasteiger partial charge in [0.15, 0.2) is 0 Å². The molecule has 1 aromatic carbocycles. The van der Waals surface area contributed by atoms with Gasteiger partial charge < -0.3 is 14.8 Å². The van der Waals surface area contributed by atoms with Crippen LogP contribution in [0.25, 0.3) is 0 Å². The first-order chi connectivity index (χ1) is 10.1. The average Bonchev–Trinajstić information content (AvgIpc) is 2.44. The highest BCUT2D eigenvalue weighted by Crippen LogP contribution is 2.24. The standard InChI is InChI=1S/C15H22BrF2NO2/c1-2-3-8-20-9-4-7-19-11-12-10-13(16)5-6-14(12)21-15(17)18/h5-6,10,15,19H,2-4,7-9,11H2,1H3. The molecule has 0 spiro atoms. The van der Waals surface area contributed by atoms with Crippen LogP contribution in [0.3, 0.4) is 0 Å². The zero-order valence-electron chi connectivity index (χ0n) is 12.2. The van der Waals surface area contributed by atoms with Crippen molar-refractivity contribution in [2.24, 2.45) is 0 Å². The lowest BCUT2D eigenvalue weighted by Crippen LogP contribution is -2.17. The van der Waals surface area contributed by atoms with Crippen molar-refractivity contribution in [1.29, 1.82) is 0 Å². The minimum absolute atomic E-state index is 0.208. The quantitative estimate of drug-likeness (QED) is 0.591. The van der Waals surface area contributed by atoms with Crippen molar-refractivity contribution in [2.45, 2.75) is 39.3 Å². The molecular formula is C15H22BrF2NO2. The topological polar surface area (TPSA) is 30.5 Å². The Morgan fingerprint density at radius 1 is 1.24 bits per heavy atom. The Labute approximate surface area is 133 Å². The van der Waals surface area contributed by atoms with Crippen LogP contribution in [0, 0.1) is 0 Å². The molecular weight excluding hydrogens is 344 g/mol. The maximum atomic E-state index is 12.3. The molecule has 0 aliphatic rings. The Morgan fingerprint density at radius 3 is 2.71 bits per heavy atom. The first kappa shape index (κ1) is 18.3. The van der Waals surface area contributed by atoms with Crippen molar-refractivity contribution >= 4 is 15.9 Å². The fraction of sp³-hybridized carbons (Fsp3) is 0.600. The van der Waals surface area contributed by atoms with E-state index in [1.165, 1.54) is 0 Å². The molecule has 0 saturated carbocycles. The zero-order chi connectivity index (χ0) is 15.5. The normalized spacial score (nSPS) is 11.1. The highest BCUT2D eigenvalue weighted by Gasteiger charge is 2.09. The predicted molar refractivity (Wildman–Crippen MR) is 82.8 cm³/mol. The third kappa shape index (κ3) is 8.34. The fourth-order valence-corrected chi connectivity index (χ4v) is 2.18. The third-order valence-electron chi connectivity index (χ3n) is 2.84. The van der Waals surface area contributed by atoms with Crippen molar-refractivity contribution in [2.75, 3.05) is 19.8 Å². The van der Waals surface area contributed by atoms with Gasteiger partial charge in [0.05, 0.1) is 0 Å². The Balaban J connectivity index is 2.29. The second-order valence-electron chi connectivity index (χ2n) is 4.63. The van der Waals surface area contributed by atoms with Gasteiger partial charge in [-0.2, -0.15) is 8.78 Å². The smallest absolute Gasteiger partial charge is 0.387 e. The van der Waals surface area contributed by atoms with Crippen LogP contribution in [0.2, 0.25) is 0 Å². The number of hydrogen-bond donors (Lipinski definition) is 1. The van der Waals surface area contributed by atoms with Gasteiger partial charge in [0.2, 0.25) is 0 Å². The molecule has 1 N–H and O–H groups in total. The van der Waals surface area contributed by atoms with Gasteiger partial charge in [0.25, 0.3) is 0 Å². The van der Waals surface area contributed by atoms with Crippen molar-refractivity contribution in [3.8, 4) is 5.75 Å². The lowest BCUT2D eigenvalue weighted by atomic mass is 10.2. The number of nitrogens with one attached hydrogen (secondary N) is 1. The number of unbranched alkanes of at least 4 members (excludes halogenated alkanes) is 1. The van der Waals surface area contributed by atoms with Crippen LogP contribution in [0.1, 0.15) is 31.7 Å².